The highest BCUT2D eigenvalue weighted by molar-refractivity contribution is 7.89. The number of pyridine rings is 1. The average molecular weight is 406 g/mol. The second-order valence-electron chi connectivity index (χ2n) is 8.03. The van der Waals surface area contributed by atoms with Crippen molar-refractivity contribution in [2.45, 2.75) is 37.1 Å². The van der Waals surface area contributed by atoms with Crippen LogP contribution in [0.1, 0.15) is 32.1 Å². The lowest BCUT2D eigenvalue weighted by Gasteiger charge is -2.43. The number of carbonyl (C=O) groups is 1. The lowest BCUT2D eigenvalue weighted by Crippen LogP contribution is -2.53. The summed E-state index contributed by atoms with van der Waals surface area (Å²) in [6.07, 6.45) is 7.04. The van der Waals surface area contributed by atoms with Gasteiger partial charge in [0.05, 0.1) is 12.5 Å². The summed E-state index contributed by atoms with van der Waals surface area (Å²) < 4.78 is 26.4. The third-order valence-corrected chi connectivity index (χ3v) is 7.99. The first-order chi connectivity index (χ1) is 13.5. The highest BCUT2D eigenvalue weighted by Gasteiger charge is 2.40. The Morgan fingerprint density at radius 3 is 2.39 bits per heavy atom. The second-order valence-corrected chi connectivity index (χ2v) is 9.91. The number of hydrogen-bond donors (Lipinski definition) is 1. The van der Waals surface area contributed by atoms with Crippen LogP contribution in [0, 0.1) is 11.8 Å². The minimum absolute atomic E-state index is 0.0519. The van der Waals surface area contributed by atoms with Crippen molar-refractivity contribution in [3.8, 4) is 0 Å². The number of sulfonamides is 1. The second kappa shape index (κ2) is 7.93. The van der Waals surface area contributed by atoms with Gasteiger partial charge in [0.25, 0.3) is 10.0 Å². The summed E-state index contributed by atoms with van der Waals surface area (Å²) in [5.41, 5.74) is 2.25. The van der Waals surface area contributed by atoms with Crippen LogP contribution < -0.4 is 0 Å². The van der Waals surface area contributed by atoms with E-state index in [-0.39, 0.29) is 23.5 Å². The fourth-order valence-electron chi connectivity index (χ4n) is 4.40. The molecule has 1 aromatic heterocycles. The molecule has 3 aliphatic rings. The fraction of sp³-hybridized carbons (Fsp3) is 0.600. The summed E-state index contributed by atoms with van der Waals surface area (Å²) in [5, 5.41) is 9.82. The van der Waals surface area contributed by atoms with Crippen molar-refractivity contribution in [1.82, 2.24) is 14.2 Å². The Balaban J connectivity index is 1.33. The number of hydrogen-bond acceptors (Lipinski definition) is 5. The highest BCUT2D eigenvalue weighted by Crippen LogP contribution is 2.34. The molecule has 28 heavy (non-hydrogen) atoms. The van der Waals surface area contributed by atoms with Gasteiger partial charge in [-0.15, -0.1) is 0 Å². The number of rotatable bonds is 5. The Morgan fingerprint density at radius 1 is 1.11 bits per heavy atom. The smallest absolute Gasteiger partial charge is 0.261 e. The van der Waals surface area contributed by atoms with E-state index in [1.807, 2.05) is 0 Å². The summed E-state index contributed by atoms with van der Waals surface area (Å²) in [6.45, 7) is 1.80. The van der Waals surface area contributed by atoms with E-state index in [0.717, 1.165) is 36.8 Å². The van der Waals surface area contributed by atoms with E-state index in [9.17, 15) is 18.3 Å². The van der Waals surface area contributed by atoms with Crippen molar-refractivity contribution in [3.05, 3.63) is 35.5 Å². The van der Waals surface area contributed by atoms with Crippen molar-refractivity contribution in [1.29, 1.82) is 0 Å². The van der Waals surface area contributed by atoms with Crippen molar-refractivity contribution >= 4 is 15.9 Å². The van der Waals surface area contributed by atoms with Crippen molar-refractivity contribution in [3.63, 3.8) is 0 Å². The van der Waals surface area contributed by atoms with Gasteiger partial charge < -0.3 is 10.0 Å². The van der Waals surface area contributed by atoms with Crippen LogP contribution in [0.2, 0.25) is 0 Å². The van der Waals surface area contributed by atoms with Gasteiger partial charge in [0.1, 0.15) is 0 Å². The van der Waals surface area contributed by atoms with Gasteiger partial charge in [-0.2, -0.15) is 4.31 Å². The SMILES string of the molecule is O=C(C(CO)C1CCCCC1)N1CC(=C2CN(S(=O)(=O)c3ccccn3)C2)C1. The molecular formula is C20H27N3O4S. The van der Waals surface area contributed by atoms with Crippen molar-refractivity contribution < 1.29 is 18.3 Å². The molecule has 1 N–H and O–H groups in total. The standard InChI is InChI=1S/C20H27N3O4S/c24-14-18(15-6-2-1-3-7-15)20(25)22-10-16(11-22)17-12-23(13-17)28(26,27)19-8-4-5-9-21-19/h4-5,8-9,15,18,24H,1-3,6-7,10-14H2. The first kappa shape index (κ1) is 19.5. The lowest BCUT2D eigenvalue weighted by molar-refractivity contribution is -0.140. The summed E-state index contributed by atoms with van der Waals surface area (Å²) in [6, 6.07) is 4.86. The molecular weight excluding hydrogens is 378 g/mol. The van der Waals surface area contributed by atoms with Crippen LogP contribution >= 0.6 is 0 Å². The molecule has 3 fully saturated rings. The molecule has 0 aromatic carbocycles. The Labute approximate surface area is 166 Å². The van der Waals surface area contributed by atoms with Crippen molar-refractivity contribution in [2.75, 3.05) is 32.8 Å². The summed E-state index contributed by atoms with van der Waals surface area (Å²) in [5.74, 6) is 0.0657. The first-order valence-electron chi connectivity index (χ1n) is 10.0. The Hall–Kier alpha value is -1.77. The van der Waals surface area contributed by atoms with Gasteiger partial charge >= 0.3 is 0 Å². The molecule has 8 heteroatoms. The van der Waals surface area contributed by atoms with Gasteiger partial charge in [0.2, 0.25) is 5.91 Å². The maximum absolute atomic E-state index is 12.8. The minimum Gasteiger partial charge on any atom is -0.396 e. The topological polar surface area (TPSA) is 90.8 Å². The van der Waals surface area contributed by atoms with Crippen LogP contribution in [0.5, 0.6) is 0 Å². The van der Waals surface area contributed by atoms with E-state index in [1.165, 1.54) is 23.0 Å². The van der Waals surface area contributed by atoms with E-state index in [1.54, 1.807) is 17.0 Å². The molecule has 152 valence electrons. The molecule has 0 spiro atoms. The van der Waals surface area contributed by atoms with Gasteiger partial charge in [-0.3, -0.25) is 4.79 Å². The zero-order valence-corrected chi connectivity index (χ0v) is 16.8. The molecule has 7 nitrogen and oxygen atoms in total. The summed E-state index contributed by atoms with van der Waals surface area (Å²) >= 11 is 0. The predicted octanol–water partition coefficient (Wildman–Crippen LogP) is 1.41. The molecule has 1 unspecified atom stereocenters. The van der Waals surface area contributed by atoms with E-state index in [0.29, 0.717) is 32.1 Å². The number of amides is 1. The van der Waals surface area contributed by atoms with Crippen LogP contribution in [0.3, 0.4) is 0 Å². The normalized spacial score (nSPS) is 22.5. The number of aliphatic hydroxyl groups is 1. The van der Waals surface area contributed by atoms with E-state index in [2.05, 4.69) is 4.98 Å². The molecule has 1 atom stereocenters. The zero-order valence-electron chi connectivity index (χ0n) is 16.0. The number of nitrogens with zero attached hydrogens (tertiary/aromatic N) is 3. The van der Waals surface area contributed by atoms with E-state index < -0.39 is 10.0 Å². The lowest BCUT2D eigenvalue weighted by atomic mass is 9.79. The Kier molecular flexibility index (Phi) is 5.53. The van der Waals surface area contributed by atoms with Gasteiger partial charge in [0.15, 0.2) is 5.03 Å². The van der Waals surface area contributed by atoms with Crippen LogP contribution in [0.15, 0.2) is 40.6 Å². The maximum atomic E-state index is 12.8. The van der Waals surface area contributed by atoms with E-state index in [4.69, 9.17) is 0 Å². The van der Waals surface area contributed by atoms with Crippen LogP contribution in [-0.4, -0.2) is 66.4 Å². The van der Waals surface area contributed by atoms with Gasteiger partial charge in [-0.25, -0.2) is 13.4 Å². The monoisotopic (exact) mass is 405 g/mol. The molecule has 1 amide bonds. The number of carbonyl (C=O) groups excluding carboxylic acids is 1. The average Bonchev–Trinajstić information content (AvgIpc) is 2.64. The van der Waals surface area contributed by atoms with Crippen LogP contribution in [0.25, 0.3) is 0 Å². The molecule has 4 rings (SSSR count). The number of aliphatic hydroxyl groups excluding tert-OH is 1. The zero-order chi connectivity index (χ0) is 19.7. The maximum Gasteiger partial charge on any atom is 0.261 e. The van der Waals surface area contributed by atoms with Gasteiger partial charge in [-0.05, 0) is 42.0 Å². The van der Waals surface area contributed by atoms with Gasteiger partial charge in [-0.1, -0.05) is 25.3 Å². The van der Waals surface area contributed by atoms with Crippen LogP contribution in [-0.2, 0) is 14.8 Å². The summed E-state index contributed by atoms with van der Waals surface area (Å²) in [7, 11) is -3.54. The molecule has 0 radical (unpaired) electrons. The first-order valence-corrected chi connectivity index (χ1v) is 11.5. The quantitative estimate of drug-likeness (QED) is 0.748. The molecule has 0 bridgehead atoms. The fourth-order valence-corrected chi connectivity index (χ4v) is 5.76. The number of aromatic nitrogens is 1. The minimum atomic E-state index is -3.54. The molecule has 1 saturated carbocycles. The Bertz CT molecular complexity index is 847. The largest absolute Gasteiger partial charge is 0.396 e. The Morgan fingerprint density at radius 2 is 1.79 bits per heavy atom. The molecule has 2 aliphatic heterocycles. The predicted molar refractivity (Wildman–Crippen MR) is 104 cm³/mol. The third kappa shape index (κ3) is 3.60. The third-order valence-electron chi connectivity index (χ3n) is 6.28. The molecule has 1 aliphatic carbocycles. The van der Waals surface area contributed by atoms with Crippen LogP contribution in [0.4, 0.5) is 0 Å². The molecule has 2 saturated heterocycles. The van der Waals surface area contributed by atoms with E-state index >= 15 is 0 Å². The van der Waals surface area contributed by atoms with Crippen molar-refractivity contribution in [2.24, 2.45) is 11.8 Å². The molecule has 3 heterocycles. The summed E-state index contributed by atoms with van der Waals surface area (Å²) in [4.78, 5) is 18.5. The highest BCUT2D eigenvalue weighted by atomic mass is 32.2. The molecule has 1 aromatic rings. The van der Waals surface area contributed by atoms with Gasteiger partial charge in [0, 0.05) is 32.4 Å². The number of likely N-dealkylation sites (tertiary alicyclic amines) is 1.